The van der Waals surface area contributed by atoms with Gasteiger partial charge in [-0.3, -0.25) is 19.6 Å². The molecule has 196 valence electrons. The molecule has 4 rings (SSSR count). The van der Waals surface area contributed by atoms with Crippen LogP contribution >= 0.6 is 31.0 Å². The van der Waals surface area contributed by atoms with Gasteiger partial charge in [0.2, 0.25) is 16.7 Å². The maximum absolute atomic E-state index is 13.0. The highest BCUT2D eigenvalue weighted by Crippen LogP contribution is 2.40. The lowest BCUT2D eigenvalue weighted by Gasteiger charge is -2.49. The molecule has 0 saturated carbocycles. The van der Waals surface area contributed by atoms with Crippen LogP contribution in [0, 0.1) is 0 Å². The number of hydrogen-bond donors (Lipinski definition) is 5. The van der Waals surface area contributed by atoms with Gasteiger partial charge in [-0.1, -0.05) is 11.2 Å². The lowest BCUT2D eigenvalue weighted by atomic mass is 10.0. The Morgan fingerprint density at radius 1 is 1.32 bits per heavy atom. The highest BCUT2D eigenvalue weighted by molar-refractivity contribution is 8.00. The predicted octanol–water partition coefficient (Wildman–Crippen LogP) is -0.490. The van der Waals surface area contributed by atoms with Crippen LogP contribution in [0.4, 0.5) is 5.13 Å². The van der Waals surface area contributed by atoms with Gasteiger partial charge in [0, 0.05) is 35.0 Å². The lowest BCUT2D eigenvalue weighted by molar-refractivity contribution is -0.689. The zero-order valence-electron chi connectivity index (χ0n) is 19.0. The second-order valence-electron chi connectivity index (χ2n) is 7.60. The van der Waals surface area contributed by atoms with Gasteiger partial charge in [0.05, 0.1) is 0 Å². The van der Waals surface area contributed by atoms with Crippen LogP contribution in [0.1, 0.15) is 12.7 Å². The number of thioether (sulfide) groups is 1. The number of amides is 2. The van der Waals surface area contributed by atoms with E-state index in [1.807, 2.05) is 23.3 Å². The van der Waals surface area contributed by atoms with Crippen LogP contribution < -0.4 is 15.0 Å². The summed E-state index contributed by atoms with van der Waals surface area (Å²) in [5, 5.41) is 17.0. The fourth-order valence-electron chi connectivity index (χ4n) is 3.58. The summed E-state index contributed by atoms with van der Waals surface area (Å²) in [5.74, 6) is -2.68. The summed E-state index contributed by atoms with van der Waals surface area (Å²) in [6.45, 7) is 2.00. The van der Waals surface area contributed by atoms with Gasteiger partial charge in [-0.25, -0.2) is 13.9 Å². The number of carboxylic acid groups (broad SMARTS) is 1. The maximum atomic E-state index is 13.0. The second kappa shape index (κ2) is 10.9. The molecule has 2 aliphatic heterocycles. The Bertz CT molecular complexity index is 1330. The number of fused-ring (bicyclic) bond motifs is 1. The van der Waals surface area contributed by atoms with Crippen molar-refractivity contribution < 1.29 is 43.2 Å². The van der Waals surface area contributed by atoms with Gasteiger partial charge >= 0.3 is 13.7 Å². The first-order valence-corrected chi connectivity index (χ1v) is 14.0. The number of oxime groups is 1. The van der Waals surface area contributed by atoms with Crippen molar-refractivity contribution >= 4 is 59.7 Å². The third kappa shape index (κ3) is 5.97. The first-order valence-electron chi connectivity index (χ1n) is 10.6. The number of hydrogen-bond acceptors (Lipinski definition) is 10. The van der Waals surface area contributed by atoms with Crippen molar-refractivity contribution in [2.45, 2.75) is 24.9 Å². The minimum Gasteiger partial charge on any atom is -0.477 e. The Kier molecular flexibility index (Phi) is 7.89. The van der Waals surface area contributed by atoms with Crippen LogP contribution in [0.3, 0.4) is 0 Å². The number of β-lactam (4-membered cyclic amide) rings is 1. The van der Waals surface area contributed by atoms with E-state index in [2.05, 4.69) is 19.8 Å². The Hall–Kier alpha value is -3.37. The van der Waals surface area contributed by atoms with Gasteiger partial charge in [-0.15, -0.1) is 11.8 Å². The van der Waals surface area contributed by atoms with E-state index < -0.39 is 42.7 Å². The van der Waals surface area contributed by atoms with Gasteiger partial charge in [0.15, 0.2) is 18.9 Å². The molecule has 2 aliphatic rings. The van der Waals surface area contributed by atoms with Crippen LogP contribution in [0.5, 0.6) is 0 Å². The van der Waals surface area contributed by atoms with Gasteiger partial charge < -0.3 is 25.0 Å². The molecule has 0 aliphatic carbocycles. The Morgan fingerprint density at radius 2 is 2.05 bits per heavy atom. The van der Waals surface area contributed by atoms with Gasteiger partial charge in [-0.2, -0.15) is 9.36 Å². The summed E-state index contributed by atoms with van der Waals surface area (Å²) in [5.41, 5.74) is 0.0191. The van der Waals surface area contributed by atoms with E-state index in [1.165, 1.54) is 11.8 Å². The van der Waals surface area contributed by atoms with E-state index in [4.69, 9.17) is 14.6 Å². The summed E-state index contributed by atoms with van der Waals surface area (Å²) in [6, 6.07) is 4.41. The molecule has 4 heterocycles. The average Bonchev–Trinajstić information content (AvgIpc) is 3.29. The number of carbonyl (C=O) groups excluding carboxylic acids is 2. The van der Waals surface area contributed by atoms with Crippen LogP contribution in [0.15, 0.2) is 47.0 Å². The zero-order chi connectivity index (χ0) is 26.7. The molecule has 5 N–H and O–H groups in total. The average molecular weight is 571 g/mol. The number of aromatic nitrogens is 3. The number of nitrogens with one attached hydrogen (secondary N) is 2. The number of aliphatic carboxylic acids is 1. The van der Waals surface area contributed by atoms with Crippen molar-refractivity contribution in [3.63, 3.8) is 0 Å². The standard InChI is InChI=1S/C19H20N7O8PS2/c1-2-34-22-11(14-21-19(37-24-14)23-35(31,32)33)15(27)20-12-16(28)26-13(18(29)30)10(9-36-17(12)26)8-25-6-4-3-5-7-25/h3-7,12,17H,2,8-9H2,1H3,(H4-,20,21,23,24,27,29,30,31,32,33)/p+1/t12?,17-/m0/s1. The normalized spacial score (nSPS) is 19.7. The first kappa shape index (κ1) is 26.7. The number of rotatable bonds is 10. The molecule has 37 heavy (non-hydrogen) atoms. The third-order valence-electron chi connectivity index (χ3n) is 5.07. The topological polar surface area (TPSA) is 208 Å². The summed E-state index contributed by atoms with van der Waals surface area (Å²) in [7, 11) is -4.65. The SMILES string of the molecule is CCON=C(C(=O)NC1C(=O)N2C(C(=O)O)=C(C[n+]3ccccc3)CS[C@@H]12)c1nsc(NP(=O)(O)O)n1. The number of carbonyl (C=O) groups is 3. The maximum Gasteiger partial charge on any atom is 0.429 e. The van der Waals surface area contributed by atoms with Crippen LogP contribution in [0.2, 0.25) is 0 Å². The van der Waals surface area contributed by atoms with Crippen molar-refractivity contribution in [1.82, 2.24) is 19.6 Å². The fraction of sp³-hybridized carbons (Fsp3) is 0.316. The molecule has 2 atom stereocenters. The van der Waals surface area contributed by atoms with Gasteiger partial charge in [0.1, 0.15) is 23.7 Å². The molecule has 2 aromatic heterocycles. The summed E-state index contributed by atoms with van der Waals surface area (Å²) in [6.07, 6.45) is 3.58. The van der Waals surface area contributed by atoms with E-state index in [-0.39, 0.29) is 29.8 Å². The molecule has 18 heteroatoms. The highest BCUT2D eigenvalue weighted by Gasteiger charge is 2.54. The smallest absolute Gasteiger partial charge is 0.429 e. The summed E-state index contributed by atoms with van der Waals surface area (Å²) < 4.78 is 16.8. The third-order valence-corrected chi connectivity index (χ3v) is 7.69. The molecule has 1 saturated heterocycles. The van der Waals surface area contributed by atoms with Gasteiger partial charge in [0.25, 0.3) is 11.8 Å². The Labute approximate surface area is 217 Å². The minimum absolute atomic E-state index is 0.0953. The highest BCUT2D eigenvalue weighted by atomic mass is 32.2. The molecular weight excluding hydrogens is 549 g/mol. The molecule has 2 amide bonds. The van der Waals surface area contributed by atoms with Crippen LogP contribution in [0.25, 0.3) is 0 Å². The minimum atomic E-state index is -4.65. The zero-order valence-corrected chi connectivity index (χ0v) is 21.6. The van der Waals surface area contributed by atoms with Crippen LogP contribution in [-0.2, 0) is 30.3 Å². The number of anilines is 1. The molecule has 15 nitrogen and oxygen atoms in total. The first-order chi connectivity index (χ1) is 17.6. The predicted molar refractivity (Wildman–Crippen MR) is 130 cm³/mol. The molecule has 1 unspecified atom stereocenters. The Morgan fingerprint density at radius 3 is 2.70 bits per heavy atom. The van der Waals surface area contributed by atoms with Crippen molar-refractivity contribution in [3.8, 4) is 0 Å². The molecule has 0 spiro atoms. The van der Waals surface area contributed by atoms with E-state index in [0.717, 1.165) is 4.90 Å². The Balaban J connectivity index is 1.52. The second-order valence-corrected chi connectivity index (χ2v) is 10.8. The molecule has 0 aromatic carbocycles. The monoisotopic (exact) mass is 570 g/mol. The number of carboxylic acids is 1. The van der Waals surface area contributed by atoms with Crippen molar-refractivity contribution in [2.75, 3.05) is 17.4 Å². The largest absolute Gasteiger partial charge is 0.477 e. The number of nitrogens with zero attached hydrogens (tertiary/aromatic N) is 5. The van der Waals surface area contributed by atoms with E-state index in [0.29, 0.717) is 22.9 Å². The quantitative estimate of drug-likeness (QED) is 0.0806. The molecule has 0 bridgehead atoms. The molecule has 1 fully saturated rings. The van der Waals surface area contributed by atoms with Crippen molar-refractivity contribution in [2.24, 2.45) is 5.16 Å². The van der Waals surface area contributed by atoms with Crippen LogP contribution in [-0.4, -0.2) is 76.4 Å². The summed E-state index contributed by atoms with van der Waals surface area (Å²) >= 11 is 1.89. The van der Waals surface area contributed by atoms with Crippen molar-refractivity contribution in [3.05, 3.63) is 47.7 Å². The van der Waals surface area contributed by atoms with Gasteiger partial charge in [-0.05, 0) is 6.92 Å². The van der Waals surface area contributed by atoms with E-state index in [9.17, 15) is 24.1 Å². The van der Waals surface area contributed by atoms with E-state index in [1.54, 1.807) is 23.9 Å². The summed E-state index contributed by atoms with van der Waals surface area (Å²) in [4.78, 5) is 66.1. The van der Waals surface area contributed by atoms with E-state index >= 15 is 0 Å². The molecule has 0 radical (unpaired) electrons. The van der Waals surface area contributed by atoms with Crippen molar-refractivity contribution in [1.29, 1.82) is 0 Å². The lowest BCUT2D eigenvalue weighted by Crippen LogP contribution is -2.71. The molecule has 2 aromatic rings. The molecular formula is C19H21N7O8PS2+. The fourth-order valence-corrected chi connectivity index (χ4v) is 6.16. The number of pyridine rings is 1.